The maximum atomic E-state index is 13.8. The molecule has 1 aliphatic rings. The maximum absolute atomic E-state index is 13.8. The molecular formula is C22H15ClFN3O3S. The van der Waals surface area contributed by atoms with Crippen LogP contribution < -0.4 is 10.3 Å². The molecule has 31 heavy (non-hydrogen) atoms. The minimum atomic E-state index is -0.786. The van der Waals surface area contributed by atoms with Crippen molar-refractivity contribution >= 4 is 44.9 Å². The molecule has 1 atom stereocenters. The fourth-order valence-corrected chi connectivity index (χ4v) is 4.85. The Labute approximate surface area is 184 Å². The Morgan fingerprint density at radius 2 is 1.94 bits per heavy atom. The van der Waals surface area contributed by atoms with Crippen LogP contribution in [0.25, 0.3) is 11.0 Å². The number of rotatable bonds is 4. The summed E-state index contributed by atoms with van der Waals surface area (Å²) in [4.78, 5) is 28.2. The van der Waals surface area contributed by atoms with E-state index in [2.05, 4.69) is 10.2 Å². The number of benzene rings is 2. The predicted molar refractivity (Wildman–Crippen MR) is 116 cm³/mol. The van der Waals surface area contributed by atoms with Crippen LogP contribution in [0.5, 0.6) is 0 Å². The van der Waals surface area contributed by atoms with E-state index >= 15 is 0 Å². The zero-order valence-electron chi connectivity index (χ0n) is 16.3. The Kier molecular flexibility index (Phi) is 4.83. The maximum Gasteiger partial charge on any atom is 0.297 e. The lowest BCUT2D eigenvalue weighted by molar-refractivity contribution is 0.0970. The summed E-state index contributed by atoms with van der Waals surface area (Å²) in [7, 11) is 0. The summed E-state index contributed by atoms with van der Waals surface area (Å²) in [6.45, 7) is 2.03. The van der Waals surface area contributed by atoms with Gasteiger partial charge in [0.05, 0.1) is 17.0 Å². The molecule has 0 radical (unpaired) electrons. The number of carbonyl (C=O) groups excluding carboxylic acids is 1. The highest BCUT2D eigenvalue weighted by Gasteiger charge is 2.45. The van der Waals surface area contributed by atoms with Crippen molar-refractivity contribution in [3.63, 3.8) is 0 Å². The van der Waals surface area contributed by atoms with E-state index in [1.807, 2.05) is 6.92 Å². The molecule has 5 rings (SSSR count). The number of aryl methyl sites for hydroxylation is 1. The summed E-state index contributed by atoms with van der Waals surface area (Å²) in [5.41, 5.74) is 0.508. The molecule has 0 unspecified atom stereocenters. The SMILES string of the molecule is CCCc1nnc(N2C(=O)c3oc4ccc(F)cc4c(=O)c3[C@H]2c2ccc(Cl)cc2)s1. The fraction of sp³-hybridized carbons (Fsp3) is 0.182. The molecule has 0 N–H and O–H groups in total. The van der Waals surface area contributed by atoms with Crippen LogP contribution >= 0.6 is 22.9 Å². The van der Waals surface area contributed by atoms with Gasteiger partial charge < -0.3 is 4.42 Å². The molecule has 0 saturated carbocycles. The third-order valence-corrected chi connectivity index (χ3v) is 6.38. The zero-order chi connectivity index (χ0) is 21.7. The minimum absolute atomic E-state index is 0.0729. The highest BCUT2D eigenvalue weighted by Crippen LogP contribution is 2.42. The lowest BCUT2D eigenvalue weighted by atomic mass is 9.99. The van der Waals surface area contributed by atoms with Crippen LogP contribution in [-0.2, 0) is 6.42 Å². The van der Waals surface area contributed by atoms with Crippen molar-refractivity contribution in [1.82, 2.24) is 10.2 Å². The molecule has 6 nitrogen and oxygen atoms in total. The molecule has 4 aromatic rings. The van der Waals surface area contributed by atoms with Crippen molar-refractivity contribution < 1.29 is 13.6 Å². The van der Waals surface area contributed by atoms with Gasteiger partial charge in [0.15, 0.2) is 5.43 Å². The van der Waals surface area contributed by atoms with E-state index in [1.165, 1.54) is 28.4 Å². The Hall–Kier alpha value is -3.10. The van der Waals surface area contributed by atoms with Crippen molar-refractivity contribution in [2.75, 3.05) is 4.90 Å². The number of hydrogen-bond acceptors (Lipinski definition) is 6. The molecular weight excluding hydrogens is 441 g/mol. The highest BCUT2D eigenvalue weighted by molar-refractivity contribution is 7.15. The van der Waals surface area contributed by atoms with E-state index < -0.39 is 23.2 Å². The number of anilines is 1. The van der Waals surface area contributed by atoms with Crippen LogP contribution in [0, 0.1) is 5.82 Å². The predicted octanol–water partition coefficient (Wildman–Crippen LogP) is 5.14. The second-order valence-corrected chi connectivity index (χ2v) is 8.65. The monoisotopic (exact) mass is 455 g/mol. The molecule has 2 aromatic heterocycles. The number of fused-ring (bicyclic) bond motifs is 2. The van der Waals surface area contributed by atoms with E-state index in [4.69, 9.17) is 16.0 Å². The first kappa shape index (κ1) is 19.8. The summed E-state index contributed by atoms with van der Waals surface area (Å²) in [5.74, 6) is -1.12. The van der Waals surface area contributed by atoms with Gasteiger partial charge in [0.1, 0.15) is 16.4 Å². The molecule has 3 heterocycles. The Morgan fingerprint density at radius 1 is 1.16 bits per heavy atom. The third kappa shape index (κ3) is 3.23. The summed E-state index contributed by atoms with van der Waals surface area (Å²) in [6, 6.07) is 9.73. The highest BCUT2D eigenvalue weighted by atomic mass is 35.5. The van der Waals surface area contributed by atoms with E-state index in [9.17, 15) is 14.0 Å². The van der Waals surface area contributed by atoms with Gasteiger partial charge in [-0.05, 0) is 42.3 Å². The largest absolute Gasteiger partial charge is 0.450 e. The first-order valence-corrected chi connectivity index (χ1v) is 10.8. The Morgan fingerprint density at radius 3 is 2.68 bits per heavy atom. The van der Waals surface area contributed by atoms with Crippen LogP contribution in [0.2, 0.25) is 5.02 Å². The lowest BCUT2D eigenvalue weighted by Crippen LogP contribution is -2.29. The summed E-state index contributed by atoms with van der Waals surface area (Å²) in [5, 5.41) is 10.1. The Balaban J connectivity index is 1.77. The number of halogens is 2. The second-order valence-electron chi connectivity index (χ2n) is 7.17. The van der Waals surface area contributed by atoms with Crippen molar-refractivity contribution in [3.05, 3.63) is 85.4 Å². The molecule has 1 aliphatic heterocycles. The number of carbonyl (C=O) groups is 1. The number of amides is 1. The molecule has 9 heteroatoms. The first-order valence-electron chi connectivity index (χ1n) is 9.65. The fourth-order valence-electron chi connectivity index (χ4n) is 3.76. The lowest BCUT2D eigenvalue weighted by Gasteiger charge is -2.22. The van der Waals surface area contributed by atoms with Crippen molar-refractivity contribution in [2.45, 2.75) is 25.8 Å². The Bertz CT molecular complexity index is 1380. The number of nitrogens with zero attached hydrogens (tertiary/aromatic N) is 3. The van der Waals surface area contributed by atoms with Gasteiger partial charge >= 0.3 is 0 Å². The van der Waals surface area contributed by atoms with Gasteiger partial charge in [-0.25, -0.2) is 4.39 Å². The van der Waals surface area contributed by atoms with Crippen LogP contribution in [0.15, 0.2) is 51.7 Å². The average Bonchev–Trinajstić information content (AvgIpc) is 3.32. The van der Waals surface area contributed by atoms with E-state index in [-0.39, 0.29) is 22.3 Å². The van der Waals surface area contributed by atoms with Gasteiger partial charge in [-0.1, -0.05) is 42.0 Å². The standard InChI is InChI=1S/C22H15ClFN3O3S/c1-2-3-16-25-26-22(31-16)27-18(11-4-6-12(23)7-5-11)17-19(28)14-10-13(24)8-9-15(14)30-20(17)21(27)29/h4-10,18H,2-3H2,1H3/t18-/m1/s1. The van der Waals surface area contributed by atoms with Crippen LogP contribution in [0.3, 0.4) is 0 Å². The molecule has 0 bridgehead atoms. The quantitative estimate of drug-likeness (QED) is 0.426. The topological polar surface area (TPSA) is 76.3 Å². The molecule has 0 fully saturated rings. The molecule has 0 spiro atoms. The van der Waals surface area contributed by atoms with Crippen molar-refractivity contribution in [1.29, 1.82) is 0 Å². The van der Waals surface area contributed by atoms with Crippen LogP contribution in [0.4, 0.5) is 9.52 Å². The summed E-state index contributed by atoms with van der Waals surface area (Å²) >= 11 is 7.34. The normalized spacial score (nSPS) is 15.6. The minimum Gasteiger partial charge on any atom is -0.450 e. The van der Waals surface area contributed by atoms with Gasteiger partial charge in [-0.2, -0.15) is 0 Å². The molecule has 0 aliphatic carbocycles. The van der Waals surface area contributed by atoms with Crippen molar-refractivity contribution in [2.24, 2.45) is 0 Å². The van der Waals surface area contributed by atoms with Gasteiger partial charge in [-0.3, -0.25) is 14.5 Å². The number of hydrogen-bond donors (Lipinski definition) is 0. The van der Waals surface area contributed by atoms with Gasteiger partial charge in [0.2, 0.25) is 10.9 Å². The average molecular weight is 456 g/mol. The van der Waals surface area contributed by atoms with Gasteiger partial charge in [-0.15, -0.1) is 10.2 Å². The van der Waals surface area contributed by atoms with Gasteiger partial charge in [0.25, 0.3) is 5.91 Å². The molecule has 1 amide bonds. The van der Waals surface area contributed by atoms with E-state index in [1.54, 1.807) is 24.3 Å². The second kappa shape index (κ2) is 7.55. The zero-order valence-corrected chi connectivity index (χ0v) is 17.8. The van der Waals surface area contributed by atoms with Crippen LogP contribution in [0.1, 0.15) is 46.1 Å². The van der Waals surface area contributed by atoms with Gasteiger partial charge in [0, 0.05) is 11.4 Å². The molecule has 0 saturated heterocycles. The van der Waals surface area contributed by atoms with Crippen molar-refractivity contribution in [3.8, 4) is 0 Å². The molecule has 2 aromatic carbocycles. The van der Waals surface area contributed by atoms with Crippen LogP contribution in [-0.4, -0.2) is 16.1 Å². The summed E-state index contributed by atoms with van der Waals surface area (Å²) in [6.07, 6.45) is 1.62. The van der Waals surface area contributed by atoms with E-state index in [0.29, 0.717) is 15.7 Å². The first-order chi connectivity index (χ1) is 15.0. The molecule has 156 valence electrons. The summed E-state index contributed by atoms with van der Waals surface area (Å²) < 4.78 is 19.6. The number of aromatic nitrogens is 2. The third-order valence-electron chi connectivity index (χ3n) is 5.14. The van der Waals surface area contributed by atoms with E-state index in [0.717, 1.165) is 23.9 Å². The smallest absolute Gasteiger partial charge is 0.297 e.